The van der Waals surface area contributed by atoms with Crippen LogP contribution in [-0.4, -0.2) is 9.61 Å². The van der Waals surface area contributed by atoms with Crippen LogP contribution in [0.5, 0.6) is 0 Å². The van der Waals surface area contributed by atoms with Gasteiger partial charge in [-0.1, -0.05) is 34.1 Å². The quantitative estimate of drug-likeness (QED) is 0.771. The Kier molecular flexibility index (Phi) is 3.83. The van der Waals surface area contributed by atoms with Gasteiger partial charge >= 0.3 is 0 Å². The van der Waals surface area contributed by atoms with Crippen LogP contribution in [0.15, 0.2) is 59.3 Å². The number of hydrogen-bond acceptors (Lipinski definition) is 2. The van der Waals surface area contributed by atoms with Crippen LogP contribution in [0.3, 0.4) is 0 Å². The van der Waals surface area contributed by atoms with Gasteiger partial charge in [0.1, 0.15) is 0 Å². The van der Waals surface area contributed by atoms with Crippen molar-refractivity contribution in [1.29, 1.82) is 0 Å². The lowest BCUT2D eigenvalue weighted by Crippen LogP contribution is -2.35. The molecule has 3 aromatic rings. The number of halogens is 1. The maximum Gasteiger partial charge on any atom is 0.0706 e. The number of benzene rings is 1. The minimum absolute atomic E-state index is 0.0935. The molecule has 1 aromatic carbocycles. The molecule has 3 rings (SSSR count). The molecule has 2 heterocycles. The van der Waals surface area contributed by atoms with Gasteiger partial charge in [0.2, 0.25) is 0 Å². The molecule has 3 nitrogen and oxygen atoms in total. The summed E-state index contributed by atoms with van der Waals surface area (Å²) in [5.41, 5.74) is 3.53. The first kappa shape index (κ1) is 14.3. The molecule has 0 aliphatic heterocycles. The summed E-state index contributed by atoms with van der Waals surface area (Å²) in [5, 5.41) is 7.99. The molecule has 1 N–H and O–H groups in total. The summed E-state index contributed by atoms with van der Waals surface area (Å²) in [4.78, 5) is 0. The Bertz CT molecular complexity index is 744. The van der Waals surface area contributed by atoms with Gasteiger partial charge in [0.25, 0.3) is 0 Å². The van der Waals surface area contributed by atoms with Gasteiger partial charge in [-0.2, -0.15) is 5.10 Å². The van der Waals surface area contributed by atoms with Crippen molar-refractivity contribution in [3.05, 3.63) is 70.5 Å². The van der Waals surface area contributed by atoms with Crippen molar-refractivity contribution < 1.29 is 0 Å². The van der Waals surface area contributed by atoms with E-state index in [4.69, 9.17) is 0 Å². The third kappa shape index (κ3) is 3.01. The van der Waals surface area contributed by atoms with E-state index in [0.717, 1.165) is 16.5 Å². The molecule has 0 bridgehead atoms. The molecule has 0 saturated carbocycles. The summed E-state index contributed by atoms with van der Waals surface area (Å²) in [7, 11) is 0. The van der Waals surface area contributed by atoms with E-state index in [2.05, 4.69) is 70.5 Å². The Labute approximate surface area is 133 Å². The first-order valence-electron chi connectivity index (χ1n) is 6.98. The Hall–Kier alpha value is -1.65. The average molecular weight is 344 g/mol. The predicted octanol–water partition coefficient (Wildman–Crippen LogP) is 4.12. The zero-order chi connectivity index (χ0) is 14.9. The molecule has 108 valence electrons. The first-order chi connectivity index (χ1) is 10.1. The summed E-state index contributed by atoms with van der Waals surface area (Å²) in [5.74, 6) is 0. The lowest BCUT2D eigenvalue weighted by atomic mass is 9.94. The Morgan fingerprint density at radius 1 is 1.14 bits per heavy atom. The maximum absolute atomic E-state index is 4.37. The minimum Gasteiger partial charge on any atom is -0.304 e. The normalized spacial score (nSPS) is 12.0. The SMILES string of the molecule is CC(C)(NCc1cnn2ccccc12)c1ccc(Br)cc1. The van der Waals surface area contributed by atoms with Crippen molar-refractivity contribution in [2.75, 3.05) is 0 Å². The smallest absolute Gasteiger partial charge is 0.0706 e. The van der Waals surface area contributed by atoms with Gasteiger partial charge < -0.3 is 5.32 Å². The van der Waals surface area contributed by atoms with E-state index >= 15 is 0 Å². The Balaban J connectivity index is 1.78. The number of pyridine rings is 1. The molecule has 0 radical (unpaired) electrons. The average Bonchev–Trinajstić information content (AvgIpc) is 2.89. The second-order valence-corrected chi connectivity index (χ2v) is 6.60. The van der Waals surface area contributed by atoms with E-state index in [1.165, 1.54) is 11.1 Å². The van der Waals surface area contributed by atoms with Crippen molar-refractivity contribution >= 4 is 21.4 Å². The number of nitrogens with one attached hydrogen (secondary N) is 1. The number of rotatable bonds is 4. The van der Waals surface area contributed by atoms with Gasteiger partial charge in [-0.15, -0.1) is 0 Å². The molecular formula is C17H18BrN3. The van der Waals surface area contributed by atoms with E-state index in [0.29, 0.717) is 0 Å². The monoisotopic (exact) mass is 343 g/mol. The van der Waals surface area contributed by atoms with Crippen LogP contribution in [0.4, 0.5) is 0 Å². The van der Waals surface area contributed by atoms with Crippen LogP contribution in [-0.2, 0) is 12.1 Å². The van der Waals surface area contributed by atoms with Gasteiger partial charge in [-0.25, -0.2) is 4.52 Å². The van der Waals surface area contributed by atoms with Crippen molar-refractivity contribution in [3.8, 4) is 0 Å². The van der Waals surface area contributed by atoms with Gasteiger partial charge in [0.05, 0.1) is 11.7 Å². The summed E-state index contributed by atoms with van der Waals surface area (Å²) in [6.07, 6.45) is 3.90. The number of aromatic nitrogens is 2. The minimum atomic E-state index is -0.0935. The standard InChI is InChI=1S/C17H18BrN3/c1-17(2,14-6-8-15(18)9-7-14)19-11-13-12-20-21-10-4-3-5-16(13)21/h3-10,12,19H,11H2,1-2H3. The number of nitrogens with zero attached hydrogens (tertiary/aromatic N) is 2. The van der Waals surface area contributed by atoms with Crippen molar-refractivity contribution in [2.45, 2.75) is 25.9 Å². The molecular weight excluding hydrogens is 326 g/mol. The number of fused-ring (bicyclic) bond motifs is 1. The topological polar surface area (TPSA) is 29.3 Å². The van der Waals surface area contributed by atoms with Crippen LogP contribution >= 0.6 is 15.9 Å². The van der Waals surface area contributed by atoms with Gasteiger partial charge in [-0.05, 0) is 43.7 Å². The van der Waals surface area contributed by atoms with Crippen LogP contribution in [0.25, 0.3) is 5.52 Å². The van der Waals surface area contributed by atoms with Crippen molar-refractivity contribution in [2.24, 2.45) is 0 Å². The molecule has 0 aliphatic carbocycles. The highest BCUT2D eigenvalue weighted by molar-refractivity contribution is 9.10. The molecule has 2 aromatic heterocycles. The fraction of sp³-hybridized carbons (Fsp3) is 0.235. The highest BCUT2D eigenvalue weighted by atomic mass is 79.9. The molecule has 0 fully saturated rings. The van der Waals surface area contributed by atoms with Crippen LogP contribution in [0.2, 0.25) is 0 Å². The van der Waals surface area contributed by atoms with E-state index in [1.807, 2.05) is 29.0 Å². The van der Waals surface area contributed by atoms with Gasteiger partial charge in [-0.3, -0.25) is 0 Å². The van der Waals surface area contributed by atoms with Crippen molar-refractivity contribution in [3.63, 3.8) is 0 Å². The van der Waals surface area contributed by atoms with E-state index in [-0.39, 0.29) is 5.54 Å². The van der Waals surface area contributed by atoms with E-state index in [9.17, 15) is 0 Å². The molecule has 0 amide bonds. The highest BCUT2D eigenvalue weighted by Gasteiger charge is 2.20. The zero-order valence-corrected chi connectivity index (χ0v) is 13.8. The fourth-order valence-electron chi connectivity index (χ4n) is 2.41. The molecule has 0 saturated heterocycles. The maximum atomic E-state index is 4.37. The van der Waals surface area contributed by atoms with Crippen LogP contribution < -0.4 is 5.32 Å². The second-order valence-electron chi connectivity index (χ2n) is 5.69. The molecule has 0 unspecified atom stereocenters. The highest BCUT2D eigenvalue weighted by Crippen LogP contribution is 2.23. The third-order valence-corrected chi connectivity index (χ3v) is 4.32. The van der Waals surface area contributed by atoms with Crippen LogP contribution in [0.1, 0.15) is 25.0 Å². The lowest BCUT2D eigenvalue weighted by Gasteiger charge is -2.27. The number of hydrogen-bond donors (Lipinski definition) is 1. The first-order valence-corrected chi connectivity index (χ1v) is 7.78. The molecule has 0 atom stereocenters. The molecule has 21 heavy (non-hydrogen) atoms. The largest absolute Gasteiger partial charge is 0.304 e. The summed E-state index contributed by atoms with van der Waals surface area (Å²) >= 11 is 3.48. The predicted molar refractivity (Wildman–Crippen MR) is 89.2 cm³/mol. The van der Waals surface area contributed by atoms with E-state index in [1.54, 1.807) is 0 Å². The summed E-state index contributed by atoms with van der Waals surface area (Å²) in [6.45, 7) is 5.18. The van der Waals surface area contributed by atoms with Gasteiger partial charge in [0, 0.05) is 28.3 Å². The second kappa shape index (κ2) is 5.62. The Morgan fingerprint density at radius 2 is 1.90 bits per heavy atom. The molecule has 0 spiro atoms. The fourth-order valence-corrected chi connectivity index (χ4v) is 2.67. The molecule has 0 aliphatic rings. The van der Waals surface area contributed by atoms with E-state index < -0.39 is 0 Å². The van der Waals surface area contributed by atoms with Crippen LogP contribution in [0, 0.1) is 0 Å². The Morgan fingerprint density at radius 3 is 2.67 bits per heavy atom. The van der Waals surface area contributed by atoms with Gasteiger partial charge in [0.15, 0.2) is 0 Å². The summed E-state index contributed by atoms with van der Waals surface area (Å²) in [6, 6.07) is 14.6. The third-order valence-electron chi connectivity index (χ3n) is 3.79. The molecule has 4 heteroatoms. The summed E-state index contributed by atoms with van der Waals surface area (Å²) < 4.78 is 3.01. The zero-order valence-electron chi connectivity index (χ0n) is 12.2. The lowest BCUT2D eigenvalue weighted by molar-refractivity contribution is 0.402. The van der Waals surface area contributed by atoms with Crippen molar-refractivity contribution in [1.82, 2.24) is 14.9 Å².